The van der Waals surface area contributed by atoms with E-state index in [4.69, 9.17) is 0 Å². The molecule has 7 heteroatoms. The van der Waals surface area contributed by atoms with Gasteiger partial charge in [0, 0.05) is 12.2 Å². The smallest absolute Gasteiger partial charge is 0.260 e. The lowest BCUT2D eigenvalue weighted by molar-refractivity contribution is 0.566. The van der Waals surface area contributed by atoms with Crippen molar-refractivity contribution in [2.75, 3.05) is 0 Å². The van der Waals surface area contributed by atoms with Gasteiger partial charge in [-0.25, -0.2) is 22.5 Å². The Bertz CT molecular complexity index is 692. The van der Waals surface area contributed by atoms with E-state index in [0.717, 1.165) is 0 Å². The van der Waals surface area contributed by atoms with Crippen LogP contribution in [0.3, 0.4) is 0 Å². The number of rotatable bonds is 3. The van der Waals surface area contributed by atoms with Crippen LogP contribution in [0, 0.1) is 12.7 Å². The minimum atomic E-state index is -3.81. The lowest BCUT2D eigenvalue weighted by Crippen LogP contribution is -2.30. The van der Waals surface area contributed by atoms with Gasteiger partial charge in [0.25, 0.3) is 10.0 Å². The minimum Gasteiger partial charge on any atom is -0.300 e. The normalized spacial score (nSPS) is 12.5. The maximum Gasteiger partial charge on any atom is 0.260 e. The summed E-state index contributed by atoms with van der Waals surface area (Å²) in [5, 5.41) is -0.271. The van der Waals surface area contributed by atoms with Crippen molar-refractivity contribution in [3.63, 3.8) is 0 Å². The summed E-state index contributed by atoms with van der Waals surface area (Å²) in [6.07, 6.45) is 1.58. The van der Waals surface area contributed by atoms with Crippen molar-refractivity contribution in [2.45, 2.75) is 31.8 Å². The van der Waals surface area contributed by atoms with E-state index in [-0.39, 0.29) is 16.6 Å². The van der Waals surface area contributed by atoms with Crippen LogP contribution in [0.2, 0.25) is 0 Å². The first-order chi connectivity index (χ1) is 8.33. The molecule has 0 saturated carbocycles. The van der Waals surface area contributed by atoms with E-state index in [1.165, 1.54) is 16.5 Å². The van der Waals surface area contributed by atoms with Crippen LogP contribution in [-0.4, -0.2) is 23.8 Å². The number of halogens is 1. The predicted octanol–water partition coefficient (Wildman–Crippen LogP) is 1.47. The maximum atomic E-state index is 13.8. The van der Waals surface area contributed by atoms with Crippen LogP contribution in [0.5, 0.6) is 0 Å². The molecule has 0 unspecified atom stereocenters. The number of nitrogens with one attached hydrogen (secondary N) is 1. The molecule has 0 fully saturated rings. The average molecular weight is 271 g/mol. The molecule has 0 aliphatic heterocycles. The summed E-state index contributed by atoms with van der Waals surface area (Å²) >= 11 is 0. The van der Waals surface area contributed by atoms with Crippen LogP contribution in [0.25, 0.3) is 5.52 Å². The molecule has 0 aliphatic carbocycles. The van der Waals surface area contributed by atoms with Crippen LogP contribution < -0.4 is 4.72 Å². The van der Waals surface area contributed by atoms with Crippen molar-refractivity contribution < 1.29 is 12.8 Å². The Morgan fingerprint density at radius 2 is 2.11 bits per heavy atom. The summed E-state index contributed by atoms with van der Waals surface area (Å²) in [4.78, 5) is 3.95. The van der Waals surface area contributed by atoms with Gasteiger partial charge < -0.3 is 4.40 Å². The van der Waals surface area contributed by atoms with Crippen molar-refractivity contribution >= 4 is 15.5 Å². The zero-order chi connectivity index (χ0) is 13.5. The van der Waals surface area contributed by atoms with Gasteiger partial charge in [0.15, 0.2) is 5.03 Å². The summed E-state index contributed by atoms with van der Waals surface area (Å²) in [6, 6.07) is 2.44. The third-order valence-electron chi connectivity index (χ3n) is 2.40. The molecule has 2 aromatic heterocycles. The Balaban J connectivity index is 2.73. The van der Waals surface area contributed by atoms with Crippen molar-refractivity contribution in [3.05, 3.63) is 30.0 Å². The van der Waals surface area contributed by atoms with E-state index in [1.54, 1.807) is 27.0 Å². The van der Waals surface area contributed by atoms with Crippen LogP contribution in [0.1, 0.15) is 19.7 Å². The molecule has 1 N–H and O–H groups in total. The second-order valence-electron chi connectivity index (χ2n) is 4.31. The number of pyridine rings is 1. The molecule has 2 heterocycles. The molecule has 0 bridgehead atoms. The van der Waals surface area contributed by atoms with Gasteiger partial charge >= 0.3 is 0 Å². The fraction of sp³-hybridized carbons (Fsp3) is 0.364. The fourth-order valence-corrected chi connectivity index (χ4v) is 3.20. The molecule has 0 atom stereocenters. The van der Waals surface area contributed by atoms with E-state index in [0.29, 0.717) is 5.82 Å². The van der Waals surface area contributed by atoms with Gasteiger partial charge in [-0.2, -0.15) is 0 Å². The number of hydrogen-bond donors (Lipinski definition) is 1. The Hall–Kier alpha value is -1.47. The summed E-state index contributed by atoms with van der Waals surface area (Å²) in [7, 11) is -3.81. The van der Waals surface area contributed by atoms with Gasteiger partial charge in [-0.1, -0.05) is 0 Å². The molecule has 0 aromatic carbocycles. The average Bonchev–Trinajstić information content (AvgIpc) is 2.57. The molecule has 0 spiro atoms. The van der Waals surface area contributed by atoms with Crippen molar-refractivity contribution in [2.24, 2.45) is 0 Å². The molecule has 0 amide bonds. The Kier molecular flexibility index (Phi) is 3.12. The number of fused-ring (bicyclic) bond motifs is 1. The Labute approximate surface area is 105 Å². The van der Waals surface area contributed by atoms with Gasteiger partial charge in [-0.05, 0) is 32.9 Å². The molecule has 5 nitrogen and oxygen atoms in total. The summed E-state index contributed by atoms with van der Waals surface area (Å²) in [5.74, 6) is -0.184. The van der Waals surface area contributed by atoms with Crippen molar-refractivity contribution in [3.8, 4) is 0 Å². The van der Waals surface area contributed by atoms with Crippen LogP contribution in [0.4, 0.5) is 4.39 Å². The van der Waals surface area contributed by atoms with Crippen LogP contribution in [-0.2, 0) is 10.0 Å². The highest BCUT2D eigenvalue weighted by Crippen LogP contribution is 2.20. The molecule has 2 rings (SSSR count). The number of aryl methyl sites for hydroxylation is 1. The highest BCUT2D eigenvalue weighted by Gasteiger charge is 2.25. The van der Waals surface area contributed by atoms with E-state index in [1.807, 2.05) is 0 Å². The number of nitrogens with zero attached hydrogens (tertiary/aromatic N) is 2. The van der Waals surface area contributed by atoms with Crippen molar-refractivity contribution in [1.29, 1.82) is 0 Å². The topological polar surface area (TPSA) is 63.5 Å². The monoisotopic (exact) mass is 271 g/mol. The summed E-state index contributed by atoms with van der Waals surface area (Å²) in [5.41, 5.74) is -0.0249. The molecule has 0 saturated heterocycles. The zero-order valence-electron chi connectivity index (χ0n) is 10.3. The van der Waals surface area contributed by atoms with Gasteiger partial charge in [0.05, 0.1) is 0 Å². The molecule has 98 valence electrons. The second-order valence-corrected chi connectivity index (χ2v) is 5.94. The molecule has 18 heavy (non-hydrogen) atoms. The van der Waals surface area contributed by atoms with Gasteiger partial charge in [0.1, 0.15) is 17.2 Å². The first kappa shape index (κ1) is 13.0. The fourth-order valence-electron chi connectivity index (χ4n) is 1.76. The number of hydrogen-bond acceptors (Lipinski definition) is 3. The van der Waals surface area contributed by atoms with E-state index >= 15 is 0 Å². The van der Waals surface area contributed by atoms with Crippen molar-refractivity contribution in [1.82, 2.24) is 14.1 Å². The van der Waals surface area contributed by atoms with Gasteiger partial charge in [-0.15, -0.1) is 0 Å². The lowest BCUT2D eigenvalue weighted by atomic mass is 10.4. The van der Waals surface area contributed by atoms with Crippen LogP contribution >= 0.6 is 0 Å². The molecule has 0 aliphatic rings. The second kappa shape index (κ2) is 4.33. The SMILES string of the molecule is Cc1nc(S(=O)(=O)NC(C)C)c2c(F)cccn12. The Morgan fingerprint density at radius 3 is 2.72 bits per heavy atom. The minimum absolute atomic E-state index is 0.0249. The van der Waals surface area contributed by atoms with Gasteiger partial charge in [0.2, 0.25) is 0 Å². The largest absolute Gasteiger partial charge is 0.300 e. The third kappa shape index (κ3) is 2.11. The predicted molar refractivity (Wildman–Crippen MR) is 65.3 cm³/mol. The molecule has 2 aromatic rings. The standard InChI is InChI=1S/C11H14FN3O2S/c1-7(2)14-18(16,17)11-10-9(12)5-4-6-15(10)8(3)13-11/h4-7,14H,1-3H3. The lowest BCUT2D eigenvalue weighted by Gasteiger charge is -2.07. The Morgan fingerprint density at radius 1 is 1.44 bits per heavy atom. The maximum absolute atomic E-state index is 13.8. The quantitative estimate of drug-likeness (QED) is 0.919. The summed E-state index contributed by atoms with van der Waals surface area (Å²) < 4.78 is 41.7. The van der Waals surface area contributed by atoms with E-state index in [9.17, 15) is 12.8 Å². The summed E-state index contributed by atoms with van der Waals surface area (Å²) in [6.45, 7) is 5.01. The number of sulfonamides is 1. The van der Waals surface area contributed by atoms with Gasteiger partial charge in [-0.3, -0.25) is 0 Å². The third-order valence-corrected chi connectivity index (χ3v) is 3.98. The molecular formula is C11H14FN3O2S. The number of aromatic nitrogens is 2. The first-order valence-corrected chi connectivity index (χ1v) is 6.97. The zero-order valence-corrected chi connectivity index (χ0v) is 11.1. The molecule has 0 radical (unpaired) electrons. The van der Waals surface area contributed by atoms with E-state index < -0.39 is 15.8 Å². The highest BCUT2D eigenvalue weighted by molar-refractivity contribution is 7.89. The highest BCUT2D eigenvalue weighted by atomic mass is 32.2. The van der Waals surface area contributed by atoms with Crippen LogP contribution in [0.15, 0.2) is 23.4 Å². The number of imidazole rings is 1. The molecular weight excluding hydrogens is 257 g/mol. The van der Waals surface area contributed by atoms with E-state index in [2.05, 4.69) is 9.71 Å². The first-order valence-electron chi connectivity index (χ1n) is 5.48.